The molecule has 2 aliphatic rings. The lowest BCUT2D eigenvalue weighted by Crippen LogP contribution is -2.47. The number of hydrogen-bond acceptors (Lipinski definition) is 7. The van der Waals surface area contributed by atoms with Crippen LogP contribution < -0.4 is 20.1 Å². The molecule has 1 fully saturated rings. The first-order chi connectivity index (χ1) is 16.9. The number of aliphatic hydroxyl groups is 1. The van der Waals surface area contributed by atoms with Gasteiger partial charge in [-0.2, -0.15) is 0 Å². The van der Waals surface area contributed by atoms with E-state index < -0.39 is 6.10 Å². The summed E-state index contributed by atoms with van der Waals surface area (Å²) in [5.41, 5.74) is 2.63. The molecule has 0 saturated carbocycles. The van der Waals surface area contributed by atoms with Crippen molar-refractivity contribution >= 4 is 17.5 Å². The Morgan fingerprint density at radius 3 is 2.60 bits per heavy atom. The van der Waals surface area contributed by atoms with Crippen LogP contribution in [0.5, 0.6) is 11.5 Å². The van der Waals surface area contributed by atoms with E-state index in [1.54, 1.807) is 12.0 Å². The fourth-order valence-corrected chi connectivity index (χ4v) is 4.68. The van der Waals surface area contributed by atoms with Crippen LogP contribution >= 0.6 is 0 Å². The van der Waals surface area contributed by atoms with E-state index in [0.29, 0.717) is 18.7 Å². The quantitative estimate of drug-likeness (QED) is 0.500. The highest BCUT2D eigenvalue weighted by molar-refractivity contribution is 5.92. The second kappa shape index (κ2) is 11.1. The number of aliphatic hydroxyl groups excluding tert-OH is 1. The Hall–Kier alpha value is -3.14. The first-order valence-corrected chi connectivity index (χ1v) is 11.8. The number of nitrogens with one attached hydrogen (secondary N) is 2. The van der Waals surface area contributed by atoms with Crippen LogP contribution in [-0.2, 0) is 20.9 Å². The Morgan fingerprint density at radius 2 is 1.91 bits per heavy atom. The second-order valence-electron chi connectivity index (χ2n) is 9.27. The maximum atomic E-state index is 12.6. The zero-order chi connectivity index (χ0) is 24.9. The molecule has 2 aromatic rings. The molecule has 2 aliphatic heterocycles. The number of nitrogens with zero attached hydrogens (tertiary/aromatic N) is 1. The molecule has 4 rings (SSSR count). The summed E-state index contributed by atoms with van der Waals surface area (Å²) < 4.78 is 17.3. The number of likely N-dealkylation sites (N-methyl/N-ethyl adjacent to an activating group) is 1. The molecule has 188 valence electrons. The number of fused-ring (bicyclic) bond motifs is 3. The van der Waals surface area contributed by atoms with Gasteiger partial charge in [0, 0.05) is 23.7 Å². The lowest BCUT2D eigenvalue weighted by molar-refractivity contribution is -0.142. The van der Waals surface area contributed by atoms with Crippen LogP contribution in [0.4, 0.5) is 5.69 Å². The van der Waals surface area contributed by atoms with Crippen LogP contribution in [0, 0.1) is 0 Å². The van der Waals surface area contributed by atoms with Crippen LogP contribution in [-0.4, -0.2) is 74.5 Å². The molecular weight excluding hydrogens is 450 g/mol. The summed E-state index contributed by atoms with van der Waals surface area (Å²) in [6, 6.07) is 13.1. The third kappa shape index (κ3) is 6.11. The first-order valence-electron chi connectivity index (χ1n) is 11.8. The first kappa shape index (κ1) is 25.0. The maximum Gasteiger partial charge on any atom is 0.238 e. The molecule has 35 heavy (non-hydrogen) atoms. The largest absolute Gasteiger partial charge is 0.497 e. The highest BCUT2D eigenvalue weighted by atomic mass is 16.6. The predicted octanol–water partition coefficient (Wildman–Crippen LogP) is 1.90. The van der Waals surface area contributed by atoms with Crippen molar-refractivity contribution in [3.63, 3.8) is 0 Å². The van der Waals surface area contributed by atoms with E-state index in [1.165, 1.54) is 0 Å². The van der Waals surface area contributed by atoms with Gasteiger partial charge in [0.25, 0.3) is 0 Å². The number of carbonyl (C=O) groups is 2. The molecule has 0 aliphatic carbocycles. The minimum Gasteiger partial charge on any atom is -0.497 e. The zero-order valence-corrected chi connectivity index (χ0v) is 20.3. The third-order valence-electron chi connectivity index (χ3n) is 6.30. The van der Waals surface area contributed by atoms with Gasteiger partial charge in [-0.3, -0.25) is 9.59 Å². The van der Waals surface area contributed by atoms with Gasteiger partial charge in [0.2, 0.25) is 11.8 Å². The van der Waals surface area contributed by atoms with Gasteiger partial charge >= 0.3 is 0 Å². The number of amides is 2. The van der Waals surface area contributed by atoms with Crippen molar-refractivity contribution in [1.82, 2.24) is 10.2 Å². The summed E-state index contributed by atoms with van der Waals surface area (Å²) in [4.78, 5) is 26.6. The minimum absolute atomic E-state index is 0.0408. The molecule has 9 heteroatoms. The van der Waals surface area contributed by atoms with E-state index in [4.69, 9.17) is 14.2 Å². The van der Waals surface area contributed by atoms with Crippen LogP contribution in [0.3, 0.4) is 0 Å². The molecule has 1 saturated heterocycles. The third-order valence-corrected chi connectivity index (χ3v) is 6.30. The average Bonchev–Trinajstić information content (AvgIpc) is 3.20. The molecule has 3 N–H and O–H groups in total. The Bertz CT molecular complexity index is 1040. The summed E-state index contributed by atoms with van der Waals surface area (Å²) >= 11 is 0. The second-order valence-corrected chi connectivity index (χ2v) is 9.27. The molecule has 0 aromatic heterocycles. The summed E-state index contributed by atoms with van der Waals surface area (Å²) in [6.07, 6.45) is -0.455. The smallest absolute Gasteiger partial charge is 0.238 e. The maximum absolute atomic E-state index is 12.6. The van der Waals surface area contributed by atoms with Crippen LogP contribution in [0.15, 0.2) is 42.5 Å². The highest BCUT2D eigenvalue weighted by Crippen LogP contribution is 2.47. The molecule has 0 spiro atoms. The van der Waals surface area contributed by atoms with E-state index in [9.17, 15) is 14.7 Å². The molecule has 0 bridgehead atoms. The van der Waals surface area contributed by atoms with Gasteiger partial charge in [-0.1, -0.05) is 12.1 Å². The fourth-order valence-electron chi connectivity index (χ4n) is 4.68. The van der Waals surface area contributed by atoms with Gasteiger partial charge in [-0.25, -0.2) is 0 Å². The molecule has 9 nitrogen and oxygen atoms in total. The average molecular weight is 484 g/mol. The zero-order valence-electron chi connectivity index (χ0n) is 20.3. The summed E-state index contributed by atoms with van der Waals surface area (Å²) in [6.45, 7) is 0.492. The number of hydrogen-bond donors (Lipinski definition) is 3. The van der Waals surface area contributed by atoms with Crippen molar-refractivity contribution in [2.24, 2.45) is 0 Å². The van der Waals surface area contributed by atoms with E-state index in [0.717, 1.165) is 22.6 Å². The lowest BCUT2D eigenvalue weighted by Gasteiger charge is -2.37. The minimum atomic E-state index is -0.535. The van der Waals surface area contributed by atoms with Crippen molar-refractivity contribution in [1.29, 1.82) is 0 Å². The van der Waals surface area contributed by atoms with Gasteiger partial charge < -0.3 is 34.9 Å². The van der Waals surface area contributed by atoms with Gasteiger partial charge in [0.15, 0.2) is 0 Å². The highest BCUT2D eigenvalue weighted by Gasteiger charge is 2.46. The molecule has 0 radical (unpaired) electrons. The van der Waals surface area contributed by atoms with Gasteiger partial charge in [0.1, 0.15) is 23.7 Å². The number of anilines is 1. The Balaban J connectivity index is 1.39. The van der Waals surface area contributed by atoms with E-state index in [1.807, 2.05) is 56.6 Å². The number of ether oxygens (including phenoxy) is 3. The SMILES string of the molecule is COc1ccc(CNC(=O)C[C@H]2C[C@H]3c4cc(NC(=O)CN(C)C)ccc4O[C@H]3[C@@H](CO)O2)cc1. The van der Waals surface area contributed by atoms with Gasteiger partial charge in [-0.05, 0) is 56.4 Å². The van der Waals surface area contributed by atoms with E-state index >= 15 is 0 Å². The van der Waals surface area contributed by atoms with Crippen molar-refractivity contribution in [2.45, 2.75) is 43.6 Å². The standard InChI is InChI=1S/C26H33N3O6/c1-29(2)14-25(32)28-17-6-9-22-20(10-17)21-11-19(34-23(15-30)26(21)35-22)12-24(31)27-13-16-4-7-18(33-3)8-5-16/h4-10,19,21,23,26,30H,11-15H2,1-3H3,(H,27,31)(H,28,32)/t19-,21+,23-,26-/m1/s1. The van der Waals surface area contributed by atoms with Crippen molar-refractivity contribution < 1.29 is 28.9 Å². The monoisotopic (exact) mass is 483 g/mol. The Morgan fingerprint density at radius 1 is 1.14 bits per heavy atom. The normalized spacial score (nSPS) is 22.7. The number of rotatable bonds is 9. The van der Waals surface area contributed by atoms with E-state index in [-0.39, 0.29) is 49.5 Å². The van der Waals surface area contributed by atoms with Gasteiger partial charge in [-0.15, -0.1) is 0 Å². The number of carbonyl (C=O) groups excluding carboxylic acids is 2. The Kier molecular flexibility index (Phi) is 7.90. The lowest BCUT2D eigenvalue weighted by atomic mass is 9.84. The predicted molar refractivity (Wildman–Crippen MR) is 131 cm³/mol. The van der Waals surface area contributed by atoms with Crippen molar-refractivity contribution in [2.75, 3.05) is 39.7 Å². The molecule has 2 amide bonds. The Labute approximate surface area is 205 Å². The fraction of sp³-hybridized carbons (Fsp3) is 0.462. The van der Waals surface area contributed by atoms with Crippen molar-refractivity contribution in [3.05, 3.63) is 53.6 Å². The summed E-state index contributed by atoms with van der Waals surface area (Å²) in [5.74, 6) is 1.22. The molecule has 2 aromatic carbocycles. The number of methoxy groups -OCH3 is 1. The number of benzene rings is 2. The van der Waals surface area contributed by atoms with Crippen molar-refractivity contribution in [3.8, 4) is 11.5 Å². The molecule has 0 unspecified atom stereocenters. The van der Waals surface area contributed by atoms with Gasteiger partial charge in [0.05, 0.1) is 32.8 Å². The summed E-state index contributed by atoms with van der Waals surface area (Å²) in [7, 11) is 5.29. The van der Waals surface area contributed by atoms with E-state index in [2.05, 4.69) is 10.6 Å². The molecular formula is C26H33N3O6. The van der Waals surface area contributed by atoms with Crippen LogP contribution in [0.25, 0.3) is 0 Å². The topological polar surface area (TPSA) is 109 Å². The molecule has 4 atom stereocenters. The molecule has 2 heterocycles. The summed E-state index contributed by atoms with van der Waals surface area (Å²) in [5, 5.41) is 15.8. The van der Waals surface area contributed by atoms with Crippen LogP contribution in [0.1, 0.15) is 29.9 Å². The van der Waals surface area contributed by atoms with Crippen LogP contribution in [0.2, 0.25) is 0 Å².